The predicted octanol–water partition coefficient (Wildman–Crippen LogP) is 1.06. The lowest BCUT2D eigenvalue weighted by atomic mass is 10.4. The first kappa shape index (κ1) is 10.8. The summed E-state index contributed by atoms with van der Waals surface area (Å²) >= 11 is 1.01. The van der Waals surface area contributed by atoms with E-state index in [1.165, 1.54) is 5.38 Å². The minimum atomic E-state index is -1.13. The molecular weight excluding hydrogens is 206 g/mol. The number of aromatic nitrogens is 1. The van der Waals surface area contributed by atoms with Gasteiger partial charge >= 0.3 is 5.97 Å². The first-order chi connectivity index (χ1) is 6.65. The van der Waals surface area contributed by atoms with Crippen LogP contribution in [0.25, 0.3) is 0 Å². The van der Waals surface area contributed by atoms with Crippen molar-refractivity contribution in [3.8, 4) is 0 Å². The third-order valence-corrected chi connectivity index (χ3v) is 2.28. The number of thiazole rings is 1. The summed E-state index contributed by atoms with van der Waals surface area (Å²) in [5.41, 5.74) is -0.102. The van der Waals surface area contributed by atoms with Crippen LogP contribution in [0.5, 0.6) is 0 Å². The molecule has 0 aliphatic carbocycles. The number of aromatic carboxylic acids is 1. The van der Waals surface area contributed by atoms with Crippen LogP contribution in [0.2, 0.25) is 0 Å². The summed E-state index contributed by atoms with van der Waals surface area (Å²) in [6, 6.07) is 0. The number of ether oxygens (including phenoxy) is 1. The van der Waals surface area contributed by atoms with Gasteiger partial charge in [0.05, 0.1) is 0 Å². The van der Waals surface area contributed by atoms with Gasteiger partial charge in [0.1, 0.15) is 6.61 Å². The number of nitrogens with zero attached hydrogens (tertiary/aromatic N) is 1. The summed E-state index contributed by atoms with van der Waals surface area (Å²) in [6.07, 6.45) is 0. The molecule has 0 radical (unpaired) electrons. The second kappa shape index (κ2) is 4.83. The topological polar surface area (TPSA) is 76.5 Å². The zero-order valence-corrected chi connectivity index (χ0v) is 8.34. The molecule has 1 heterocycles. The third-order valence-electron chi connectivity index (χ3n) is 1.40. The Labute approximate surface area is 84.3 Å². The van der Waals surface area contributed by atoms with E-state index in [1.54, 1.807) is 6.92 Å². The second-order valence-corrected chi connectivity index (χ2v) is 3.26. The van der Waals surface area contributed by atoms with Gasteiger partial charge in [-0.3, -0.25) is 4.79 Å². The molecule has 5 nitrogen and oxygen atoms in total. The Balaban J connectivity index is 2.66. The fraction of sp³-hybridized carbons (Fsp3) is 0.375. The number of carboxylic acids is 1. The molecule has 0 fully saturated rings. The molecular formula is C8H9NO4S. The summed E-state index contributed by atoms with van der Waals surface area (Å²) in [6.45, 7) is 2.17. The lowest BCUT2D eigenvalue weighted by molar-refractivity contribution is 0.0691. The summed E-state index contributed by atoms with van der Waals surface area (Å²) in [4.78, 5) is 25.4. The minimum Gasteiger partial charge on any atom is -0.476 e. The van der Waals surface area contributed by atoms with Gasteiger partial charge in [0, 0.05) is 12.0 Å². The van der Waals surface area contributed by atoms with Crippen molar-refractivity contribution in [2.75, 3.05) is 13.2 Å². The molecule has 6 heteroatoms. The van der Waals surface area contributed by atoms with Crippen LogP contribution in [0.4, 0.5) is 0 Å². The molecule has 0 aliphatic rings. The Morgan fingerprint density at radius 3 is 2.86 bits per heavy atom. The van der Waals surface area contributed by atoms with E-state index in [0.29, 0.717) is 6.61 Å². The van der Waals surface area contributed by atoms with Gasteiger partial charge in [0.2, 0.25) is 5.78 Å². The van der Waals surface area contributed by atoms with E-state index < -0.39 is 5.97 Å². The van der Waals surface area contributed by atoms with Crippen LogP contribution in [0.1, 0.15) is 27.2 Å². The molecule has 0 saturated heterocycles. The van der Waals surface area contributed by atoms with Gasteiger partial charge in [-0.1, -0.05) is 0 Å². The average Bonchev–Trinajstić information content (AvgIpc) is 2.62. The standard InChI is InChI=1S/C8H9NO4S/c1-2-13-3-6(10)7-9-5(4-14-7)8(11)12/h4H,2-3H2,1H3,(H,11,12). The molecule has 0 saturated carbocycles. The highest BCUT2D eigenvalue weighted by molar-refractivity contribution is 7.12. The van der Waals surface area contributed by atoms with Crippen molar-refractivity contribution in [3.05, 3.63) is 16.1 Å². The number of rotatable bonds is 5. The number of Topliss-reactive ketones (excluding diaryl/α,β-unsaturated/α-hetero) is 1. The molecule has 0 spiro atoms. The van der Waals surface area contributed by atoms with Crippen molar-refractivity contribution < 1.29 is 19.4 Å². The normalized spacial score (nSPS) is 10.1. The van der Waals surface area contributed by atoms with Crippen LogP contribution >= 0.6 is 11.3 Å². The highest BCUT2D eigenvalue weighted by Gasteiger charge is 2.14. The molecule has 0 unspecified atom stereocenters. The summed E-state index contributed by atoms with van der Waals surface area (Å²) in [5.74, 6) is -1.42. The molecule has 0 aromatic carbocycles. The van der Waals surface area contributed by atoms with Crippen LogP contribution in [0.15, 0.2) is 5.38 Å². The predicted molar refractivity (Wildman–Crippen MR) is 49.9 cm³/mol. The minimum absolute atomic E-state index is 0.0525. The highest BCUT2D eigenvalue weighted by Crippen LogP contribution is 2.10. The largest absolute Gasteiger partial charge is 0.476 e. The van der Waals surface area contributed by atoms with Gasteiger partial charge in [-0.15, -0.1) is 11.3 Å². The van der Waals surface area contributed by atoms with Crippen LogP contribution in [0, 0.1) is 0 Å². The van der Waals surface area contributed by atoms with Crippen LogP contribution < -0.4 is 0 Å². The van der Waals surface area contributed by atoms with Gasteiger partial charge in [-0.05, 0) is 6.92 Å². The number of hydrogen-bond donors (Lipinski definition) is 1. The summed E-state index contributed by atoms with van der Waals surface area (Å²) < 4.78 is 4.89. The Morgan fingerprint density at radius 1 is 1.64 bits per heavy atom. The average molecular weight is 215 g/mol. The molecule has 1 aromatic heterocycles. The first-order valence-electron chi connectivity index (χ1n) is 3.95. The molecule has 0 bridgehead atoms. The Hall–Kier alpha value is -1.27. The number of carboxylic acid groups (broad SMARTS) is 1. The lowest BCUT2D eigenvalue weighted by Crippen LogP contribution is -2.09. The van der Waals surface area contributed by atoms with Gasteiger partial charge in [-0.25, -0.2) is 9.78 Å². The zero-order chi connectivity index (χ0) is 10.6. The highest BCUT2D eigenvalue weighted by atomic mass is 32.1. The molecule has 0 aliphatic heterocycles. The molecule has 0 atom stereocenters. The van der Waals surface area contributed by atoms with Crippen molar-refractivity contribution >= 4 is 23.1 Å². The lowest BCUT2D eigenvalue weighted by Gasteiger charge is -1.95. The van der Waals surface area contributed by atoms with Crippen molar-refractivity contribution in [1.29, 1.82) is 0 Å². The van der Waals surface area contributed by atoms with E-state index in [0.717, 1.165) is 11.3 Å². The summed E-state index contributed by atoms with van der Waals surface area (Å²) in [5, 5.41) is 10.1. The Bertz CT molecular complexity index is 347. The quantitative estimate of drug-likeness (QED) is 0.743. The van der Waals surface area contributed by atoms with Gasteiger partial charge in [0.25, 0.3) is 0 Å². The van der Waals surface area contributed by atoms with Gasteiger partial charge in [-0.2, -0.15) is 0 Å². The maximum atomic E-state index is 11.3. The van der Waals surface area contributed by atoms with Crippen LogP contribution in [0.3, 0.4) is 0 Å². The monoisotopic (exact) mass is 215 g/mol. The maximum absolute atomic E-state index is 11.3. The number of hydrogen-bond acceptors (Lipinski definition) is 5. The van der Waals surface area contributed by atoms with Gasteiger partial charge < -0.3 is 9.84 Å². The fourth-order valence-corrected chi connectivity index (χ4v) is 1.47. The third kappa shape index (κ3) is 2.61. The van der Waals surface area contributed by atoms with Crippen molar-refractivity contribution in [2.24, 2.45) is 0 Å². The Morgan fingerprint density at radius 2 is 2.36 bits per heavy atom. The number of carbonyl (C=O) groups is 2. The molecule has 1 rings (SSSR count). The van der Waals surface area contributed by atoms with E-state index in [-0.39, 0.29) is 23.1 Å². The van der Waals surface area contributed by atoms with Crippen LogP contribution in [-0.2, 0) is 4.74 Å². The first-order valence-corrected chi connectivity index (χ1v) is 4.83. The van der Waals surface area contributed by atoms with Crippen molar-refractivity contribution in [3.63, 3.8) is 0 Å². The van der Waals surface area contributed by atoms with Crippen molar-refractivity contribution in [1.82, 2.24) is 4.98 Å². The summed E-state index contributed by atoms with van der Waals surface area (Å²) in [7, 11) is 0. The van der Waals surface area contributed by atoms with E-state index in [2.05, 4.69) is 4.98 Å². The zero-order valence-electron chi connectivity index (χ0n) is 7.52. The van der Waals surface area contributed by atoms with E-state index in [9.17, 15) is 9.59 Å². The van der Waals surface area contributed by atoms with E-state index in [4.69, 9.17) is 9.84 Å². The molecule has 14 heavy (non-hydrogen) atoms. The SMILES string of the molecule is CCOCC(=O)c1nc(C(=O)O)cs1. The molecule has 1 N–H and O–H groups in total. The van der Waals surface area contributed by atoms with Crippen molar-refractivity contribution in [2.45, 2.75) is 6.92 Å². The van der Waals surface area contributed by atoms with Gasteiger partial charge in [0.15, 0.2) is 10.7 Å². The second-order valence-electron chi connectivity index (χ2n) is 2.40. The van der Waals surface area contributed by atoms with E-state index in [1.807, 2.05) is 0 Å². The Kier molecular flexibility index (Phi) is 3.73. The maximum Gasteiger partial charge on any atom is 0.355 e. The molecule has 76 valence electrons. The molecule has 0 amide bonds. The van der Waals surface area contributed by atoms with Crippen LogP contribution in [-0.4, -0.2) is 35.1 Å². The smallest absolute Gasteiger partial charge is 0.355 e. The molecule has 1 aromatic rings. The van der Waals surface area contributed by atoms with E-state index >= 15 is 0 Å². The number of carbonyl (C=O) groups excluding carboxylic acids is 1. The number of ketones is 1. The fourth-order valence-electron chi connectivity index (χ4n) is 0.757.